The first-order valence-electron chi connectivity index (χ1n) is 12.7. The van der Waals surface area contributed by atoms with Gasteiger partial charge in [0.25, 0.3) is 11.8 Å². The van der Waals surface area contributed by atoms with E-state index in [2.05, 4.69) is 10.6 Å². The van der Waals surface area contributed by atoms with E-state index in [1.54, 1.807) is 56.3 Å². The first-order valence-corrected chi connectivity index (χ1v) is 13.9. The molecule has 0 aliphatic heterocycles. The number of aryl methyl sites for hydroxylation is 1. The Morgan fingerprint density at radius 2 is 1.62 bits per heavy atom. The highest BCUT2D eigenvalue weighted by Crippen LogP contribution is 2.40. The summed E-state index contributed by atoms with van der Waals surface area (Å²) in [5, 5.41) is 6.67. The van der Waals surface area contributed by atoms with Crippen molar-refractivity contribution in [3.63, 3.8) is 0 Å². The maximum absolute atomic E-state index is 13.1. The van der Waals surface area contributed by atoms with Gasteiger partial charge in [-0.2, -0.15) is 0 Å². The Kier molecular flexibility index (Phi) is 9.24. The van der Waals surface area contributed by atoms with Crippen molar-refractivity contribution in [2.45, 2.75) is 33.8 Å². The zero-order valence-electron chi connectivity index (χ0n) is 22.5. The summed E-state index contributed by atoms with van der Waals surface area (Å²) in [7, 11) is 0. The first-order chi connectivity index (χ1) is 19.2. The van der Waals surface area contributed by atoms with Gasteiger partial charge in [-0.3, -0.25) is 9.59 Å². The molecule has 7 nitrogen and oxygen atoms in total. The molecule has 0 aliphatic carbocycles. The van der Waals surface area contributed by atoms with Gasteiger partial charge in [-0.1, -0.05) is 48.0 Å². The fourth-order valence-electron chi connectivity index (χ4n) is 4.08. The zero-order valence-corrected chi connectivity index (χ0v) is 24.1. The molecule has 0 aliphatic rings. The molecule has 0 saturated carbocycles. The number of anilines is 2. The van der Waals surface area contributed by atoms with Crippen molar-refractivity contribution in [1.29, 1.82) is 0 Å². The molecule has 4 aromatic rings. The number of hydrogen-bond acceptors (Lipinski definition) is 6. The van der Waals surface area contributed by atoms with E-state index in [-0.39, 0.29) is 18.4 Å². The molecule has 40 heavy (non-hydrogen) atoms. The van der Waals surface area contributed by atoms with E-state index in [0.29, 0.717) is 32.6 Å². The van der Waals surface area contributed by atoms with E-state index in [0.717, 1.165) is 21.6 Å². The second-order valence-corrected chi connectivity index (χ2v) is 10.6. The standard InChI is InChI=1S/C31H29ClN2O5S/c1-5-38-31(37)27-26(21-10-7-6-8-11-21)20(4)40-30(27)34-29(36)22-14-16-23(17-15-22)39-19(3)28(35)33-25-13-9-12-24(32)18(25)2/h6-17,19H,5H2,1-4H3,(H,33,35)(H,34,36)/t19-/m0/s1. The van der Waals surface area contributed by atoms with Crippen LogP contribution in [0.4, 0.5) is 10.7 Å². The fourth-order valence-corrected chi connectivity index (χ4v) is 5.31. The lowest BCUT2D eigenvalue weighted by molar-refractivity contribution is -0.122. The SMILES string of the molecule is CCOC(=O)c1c(NC(=O)c2ccc(O[C@@H](C)C(=O)Nc3cccc(Cl)c3C)cc2)sc(C)c1-c1ccccc1. The van der Waals surface area contributed by atoms with Crippen LogP contribution >= 0.6 is 22.9 Å². The second kappa shape index (κ2) is 12.8. The molecule has 0 bridgehead atoms. The zero-order chi connectivity index (χ0) is 28.8. The molecular formula is C31H29ClN2O5S. The van der Waals surface area contributed by atoms with Crippen molar-refractivity contribution in [3.8, 4) is 16.9 Å². The van der Waals surface area contributed by atoms with Crippen LogP contribution in [0.5, 0.6) is 5.75 Å². The monoisotopic (exact) mass is 576 g/mol. The molecule has 2 N–H and O–H groups in total. The Morgan fingerprint density at radius 1 is 0.925 bits per heavy atom. The van der Waals surface area contributed by atoms with Gasteiger partial charge in [-0.25, -0.2) is 4.79 Å². The van der Waals surface area contributed by atoms with E-state index in [9.17, 15) is 14.4 Å². The highest BCUT2D eigenvalue weighted by Gasteiger charge is 2.26. The lowest BCUT2D eigenvalue weighted by Crippen LogP contribution is -2.30. The van der Waals surface area contributed by atoms with E-state index in [1.807, 2.05) is 44.2 Å². The molecule has 0 saturated heterocycles. The number of ether oxygens (including phenoxy) is 2. The molecule has 1 aromatic heterocycles. The Balaban J connectivity index is 1.47. The Labute approximate surface area is 242 Å². The van der Waals surface area contributed by atoms with Crippen molar-refractivity contribution in [2.75, 3.05) is 17.2 Å². The Bertz CT molecular complexity index is 1530. The molecule has 206 valence electrons. The molecule has 0 fully saturated rings. The predicted octanol–water partition coefficient (Wildman–Crippen LogP) is 7.52. The number of carbonyl (C=O) groups excluding carboxylic acids is 3. The van der Waals surface area contributed by atoms with E-state index >= 15 is 0 Å². The van der Waals surface area contributed by atoms with Crippen LogP contribution < -0.4 is 15.4 Å². The van der Waals surface area contributed by atoms with Gasteiger partial charge in [0.15, 0.2) is 6.10 Å². The van der Waals surface area contributed by atoms with Gasteiger partial charge in [0.2, 0.25) is 0 Å². The molecule has 9 heteroatoms. The van der Waals surface area contributed by atoms with Crippen LogP contribution in [0.2, 0.25) is 5.02 Å². The molecule has 3 aromatic carbocycles. The van der Waals surface area contributed by atoms with Gasteiger partial charge in [-0.15, -0.1) is 11.3 Å². The highest BCUT2D eigenvalue weighted by molar-refractivity contribution is 7.17. The summed E-state index contributed by atoms with van der Waals surface area (Å²) in [5.41, 5.74) is 3.68. The molecule has 2 amide bonds. The average Bonchev–Trinajstić information content (AvgIpc) is 3.27. The molecule has 0 radical (unpaired) electrons. The number of nitrogens with one attached hydrogen (secondary N) is 2. The number of esters is 1. The van der Waals surface area contributed by atoms with Gasteiger partial charge in [-0.05, 0) is 75.2 Å². The largest absolute Gasteiger partial charge is 0.481 e. The summed E-state index contributed by atoms with van der Waals surface area (Å²) >= 11 is 7.46. The third kappa shape index (κ3) is 6.52. The molecule has 1 heterocycles. The van der Waals surface area contributed by atoms with Crippen LogP contribution in [0, 0.1) is 13.8 Å². The third-order valence-corrected chi connectivity index (χ3v) is 7.61. The lowest BCUT2D eigenvalue weighted by Gasteiger charge is -2.16. The second-order valence-electron chi connectivity index (χ2n) is 8.96. The normalized spacial score (nSPS) is 11.4. The van der Waals surface area contributed by atoms with Gasteiger partial charge >= 0.3 is 5.97 Å². The Morgan fingerprint density at radius 3 is 2.30 bits per heavy atom. The summed E-state index contributed by atoms with van der Waals surface area (Å²) in [6.07, 6.45) is -0.796. The number of thiophene rings is 1. The molecule has 0 unspecified atom stereocenters. The van der Waals surface area contributed by atoms with E-state index in [1.165, 1.54) is 11.3 Å². The molecule has 0 spiro atoms. The smallest absolute Gasteiger partial charge is 0.341 e. The average molecular weight is 577 g/mol. The van der Waals surface area contributed by atoms with E-state index in [4.69, 9.17) is 21.1 Å². The van der Waals surface area contributed by atoms with E-state index < -0.39 is 12.1 Å². The number of amides is 2. The Hall–Kier alpha value is -4.14. The molecule has 1 atom stereocenters. The molecule has 4 rings (SSSR count). The minimum atomic E-state index is -0.796. The number of benzene rings is 3. The minimum absolute atomic E-state index is 0.214. The van der Waals surface area contributed by atoms with Gasteiger partial charge in [0.05, 0.1) is 6.61 Å². The fraction of sp³-hybridized carbons (Fsp3) is 0.194. The van der Waals surface area contributed by atoms with Crippen molar-refractivity contribution in [2.24, 2.45) is 0 Å². The van der Waals surface area contributed by atoms with Crippen LogP contribution in [-0.2, 0) is 9.53 Å². The van der Waals surface area contributed by atoms with Crippen LogP contribution in [0.15, 0.2) is 72.8 Å². The van der Waals surface area contributed by atoms with Crippen LogP contribution in [0.3, 0.4) is 0 Å². The summed E-state index contributed by atoms with van der Waals surface area (Å²) in [5.74, 6) is -0.793. The number of halogens is 1. The summed E-state index contributed by atoms with van der Waals surface area (Å²) < 4.78 is 11.1. The summed E-state index contributed by atoms with van der Waals surface area (Å²) in [4.78, 5) is 39.6. The first kappa shape index (κ1) is 28.9. The minimum Gasteiger partial charge on any atom is -0.481 e. The van der Waals surface area contributed by atoms with Crippen molar-refractivity contribution < 1.29 is 23.9 Å². The third-order valence-electron chi connectivity index (χ3n) is 6.18. The summed E-state index contributed by atoms with van der Waals surface area (Å²) in [6, 6.07) is 21.2. The van der Waals surface area contributed by atoms with Crippen LogP contribution in [-0.4, -0.2) is 30.5 Å². The lowest BCUT2D eigenvalue weighted by atomic mass is 10.0. The highest BCUT2D eigenvalue weighted by atomic mass is 35.5. The quantitative estimate of drug-likeness (QED) is 0.201. The topological polar surface area (TPSA) is 93.7 Å². The van der Waals surface area contributed by atoms with Crippen molar-refractivity contribution >= 4 is 51.4 Å². The summed E-state index contributed by atoms with van der Waals surface area (Å²) in [6.45, 7) is 7.32. The van der Waals surface area contributed by atoms with Crippen LogP contribution in [0.1, 0.15) is 45.0 Å². The molecular weight excluding hydrogens is 548 g/mol. The number of carbonyl (C=O) groups is 3. The van der Waals surface area contributed by atoms with Crippen LogP contribution in [0.25, 0.3) is 11.1 Å². The van der Waals surface area contributed by atoms with Crippen molar-refractivity contribution in [1.82, 2.24) is 0 Å². The number of rotatable bonds is 9. The van der Waals surface area contributed by atoms with Gasteiger partial charge in [0, 0.05) is 26.7 Å². The number of hydrogen-bond donors (Lipinski definition) is 2. The predicted molar refractivity (Wildman–Crippen MR) is 160 cm³/mol. The van der Waals surface area contributed by atoms with Gasteiger partial charge in [0.1, 0.15) is 16.3 Å². The maximum Gasteiger partial charge on any atom is 0.341 e. The van der Waals surface area contributed by atoms with Gasteiger partial charge < -0.3 is 20.1 Å². The maximum atomic E-state index is 13.1. The van der Waals surface area contributed by atoms with Crippen molar-refractivity contribution in [3.05, 3.63) is 99.4 Å².